The van der Waals surface area contributed by atoms with Gasteiger partial charge in [-0.3, -0.25) is 0 Å². The van der Waals surface area contributed by atoms with Crippen molar-refractivity contribution in [2.45, 2.75) is 54.4 Å². The van der Waals surface area contributed by atoms with Crippen LogP contribution in [-0.4, -0.2) is 0 Å². The molecule has 3 aliphatic rings. The van der Waals surface area contributed by atoms with Crippen molar-refractivity contribution in [3.05, 3.63) is 0 Å². The minimum Gasteiger partial charge on any atom is -0.0651 e. The van der Waals surface area contributed by atoms with E-state index in [9.17, 15) is 0 Å². The zero-order chi connectivity index (χ0) is 11.9. The van der Waals surface area contributed by atoms with E-state index < -0.39 is 0 Å². The Morgan fingerprint density at radius 2 is 1.56 bits per heavy atom. The lowest BCUT2D eigenvalue weighted by Gasteiger charge is -2.71. The Morgan fingerprint density at radius 1 is 0.938 bits per heavy atom. The summed E-state index contributed by atoms with van der Waals surface area (Å²) < 4.78 is 0. The van der Waals surface area contributed by atoms with Gasteiger partial charge in [-0.1, -0.05) is 48.0 Å². The van der Waals surface area contributed by atoms with Gasteiger partial charge in [-0.15, -0.1) is 0 Å². The average molecular weight is 220 g/mol. The summed E-state index contributed by atoms with van der Waals surface area (Å²) in [5, 5.41) is 0. The molecule has 0 amide bonds. The van der Waals surface area contributed by atoms with Gasteiger partial charge in [0.25, 0.3) is 0 Å². The van der Waals surface area contributed by atoms with Crippen molar-refractivity contribution < 1.29 is 0 Å². The highest BCUT2D eigenvalue weighted by Crippen LogP contribution is 2.81. The van der Waals surface area contributed by atoms with Gasteiger partial charge in [0.2, 0.25) is 0 Å². The molecule has 0 heterocycles. The summed E-state index contributed by atoms with van der Waals surface area (Å²) in [7, 11) is 0. The van der Waals surface area contributed by atoms with Crippen LogP contribution in [0.2, 0.25) is 0 Å². The smallest absolute Gasteiger partial charge is 0.0207 e. The molecule has 0 aliphatic heterocycles. The zero-order valence-corrected chi connectivity index (χ0v) is 11.9. The third-order valence-electron chi connectivity index (χ3n) is 8.20. The van der Waals surface area contributed by atoms with Gasteiger partial charge >= 0.3 is 0 Å². The van der Waals surface area contributed by atoms with Crippen LogP contribution in [0.1, 0.15) is 54.4 Å². The van der Waals surface area contributed by atoms with E-state index in [-0.39, 0.29) is 0 Å². The van der Waals surface area contributed by atoms with Gasteiger partial charge in [0.05, 0.1) is 0 Å². The Morgan fingerprint density at radius 3 is 2.12 bits per heavy atom. The number of hydrogen-bond donors (Lipinski definition) is 0. The van der Waals surface area contributed by atoms with Crippen molar-refractivity contribution in [2.75, 3.05) is 0 Å². The molecule has 92 valence electrons. The first-order chi connectivity index (χ1) is 7.40. The van der Waals surface area contributed by atoms with Crippen LogP contribution in [0.15, 0.2) is 0 Å². The molecule has 2 bridgehead atoms. The minimum absolute atomic E-state index is 0.630. The number of hydrogen-bond acceptors (Lipinski definition) is 0. The second-order valence-corrected chi connectivity index (χ2v) is 7.51. The SMILES string of the molecule is CCC1C2CC3C(C)C(C)(C1C)C3(C)C2C. The molecule has 0 aromatic carbocycles. The van der Waals surface area contributed by atoms with Crippen LogP contribution >= 0.6 is 0 Å². The summed E-state index contributed by atoms with van der Waals surface area (Å²) in [4.78, 5) is 0. The largest absolute Gasteiger partial charge is 0.0651 e. The average Bonchev–Trinajstić information content (AvgIpc) is 2.42. The molecule has 8 unspecified atom stereocenters. The first-order valence-electron chi connectivity index (χ1n) is 7.40. The number of rotatable bonds is 1. The minimum atomic E-state index is 0.630. The Labute approximate surface area is 101 Å². The van der Waals surface area contributed by atoms with Gasteiger partial charge in [0.15, 0.2) is 0 Å². The van der Waals surface area contributed by atoms with E-state index in [1.165, 1.54) is 12.8 Å². The first kappa shape index (κ1) is 11.1. The maximum atomic E-state index is 2.62. The summed E-state index contributed by atoms with van der Waals surface area (Å²) >= 11 is 0. The molecule has 16 heavy (non-hydrogen) atoms. The van der Waals surface area contributed by atoms with Crippen molar-refractivity contribution in [3.63, 3.8) is 0 Å². The molecular formula is C16H28. The molecule has 3 fully saturated rings. The van der Waals surface area contributed by atoms with Crippen molar-refractivity contribution in [2.24, 2.45) is 46.3 Å². The fraction of sp³-hybridized carbons (Fsp3) is 1.00. The standard InChI is InChI=1S/C16H28/c1-7-12-9(2)15(5)11(4)14-8-13(12)10(3)16(14,15)6/h9-14H,7-8H2,1-6H3. The highest BCUT2D eigenvalue weighted by atomic mass is 14.8. The van der Waals surface area contributed by atoms with Gasteiger partial charge in [0, 0.05) is 0 Å². The van der Waals surface area contributed by atoms with Crippen LogP contribution in [0, 0.1) is 46.3 Å². The van der Waals surface area contributed by atoms with Gasteiger partial charge in [-0.25, -0.2) is 0 Å². The quantitative estimate of drug-likeness (QED) is 0.606. The molecule has 0 aromatic rings. The lowest BCUT2D eigenvalue weighted by molar-refractivity contribution is -0.239. The van der Waals surface area contributed by atoms with Gasteiger partial charge in [-0.2, -0.15) is 0 Å². The molecule has 3 saturated carbocycles. The fourth-order valence-electron chi connectivity index (χ4n) is 6.87. The van der Waals surface area contributed by atoms with Crippen molar-refractivity contribution in [1.82, 2.24) is 0 Å². The highest BCUT2D eigenvalue weighted by molar-refractivity contribution is 5.24. The maximum Gasteiger partial charge on any atom is -0.0207 e. The first-order valence-corrected chi connectivity index (χ1v) is 7.40. The molecule has 0 radical (unpaired) electrons. The Bertz CT molecular complexity index is 320. The highest BCUT2D eigenvalue weighted by Gasteiger charge is 2.76. The monoisotopic (exact) mass is 220 g/mol. The Hall–Kier alpha value is 0. The van der Waals surface area contributed by atoms with E-state index in [1.54, 1.807) is 0 Å². The molecule has 8 atom stereocenters. The molecule has 0 N–H and O–H groups in total. The van der Waals surface area contributed by atoms with Crippen LogP contribution in [0.5, 0.6) is 0 Å². The second-order valence-electron chi connectivity index (χ2n) is 7.51. The summed E-state index contributed by atoms with van der Waals surface area (Å²) in [5.41, 5.74) is 1.30. The second kappa shape index (κ2) is 2.87. The molecule has 0 aromatic heterocycles. The predicted molar refractivity (Wildman–Crippen MR) is 69.1 cm³/mol. The van der Waals surface area contributed by atoms with Crippen LogP contribution in [0.3, 0.4) is 0 Å². The van der Waals surface area contributed by atoms with E-state index >= 15 is 0 Å². The number of fused-ring (bicyclic) bond motifs is 1. The van der Waals surface area contributed by atoms with Crippen molar-refractivity contribution >= 4 is 0 Å². The lowest BCUT2D eigenvalue weighted by Crippen LogP contribution is -2.66. The molecule has 0 nitrogen and oxygen atoms in total. The third kappa shape index (κ3) is 0.782. The molecule has 0 spiro atoms. The zero-order valence-electron chi connectivity index (χ0n) is 11.9. The third-order valence-corrected chi connectivity index (χ3v) is 8.20. The van der Waals surface area contributed by atoms with Gasteiger partial charge in [-0.05, 0) is 52.8 Å². The molecule has 3 aliphatic carbocycles. The maximum absolute atomic E-state index is 2.62. The van der Waals surface area contributed by atoms with Crippen LogP contribution < -0.4 is 0 Å². The van der Waals surface area contributed by atoms with E-state index in [0.717, 1.165) is 35.5 Å². The molecule has 3 rings (SSSR count). The van der Waals surface area contributed by atoms with Crippen LogP contribution in [-0.2, 0) is 0 Å². The molecule has 0 saturated heterocycles. The summed E-state index contributed by atoms with van der Waals surface area (Å²) in [6.07, 6.45) is 2.94. The fourth-order valence-corrected chi connectivity index (χ4v) is 6.87. The van der Waals surface area contributed by atoms with Gasteiger partial charge < -0.3 is 0 Å². The normalized spacial score (nSPS) is 67.9. The topological polar surface area (TPSA) is 0 Å². The van der Waals surface area contributed by atoms with Gasteiger partial charge in [0.1, 0.15) is 0 Å². The van der Waals surface area contributed by atoms with E-state index in [4.69, 9.17) is 0 Å². The predicted octanol–water partition coefficient (Wildman–Crippen LogP) is 4.60. The molecule has 0 heteroatoms. The summed E-state index contributed by atoms with van der Waals surface area (Å²) in [5.74, 6) is 5.96. The van der Waals surface area contributed by atoms with E-state index in [0.29, 0.717) is 10.8 Å². The molecular weight excluding hydrogens is 192 g/mol. The lowest BCUT2D eigenvalue weighted by atomic mass is 9.33. The Kier molecular flexibility index (Phi) is 1.99. The van der Waals surface area contributed by atoms with Crippen LogP contribution in [0.4, 0.5) is 0 Å². The summed E-state index contributed by atoms with van der Waals surface area (Å²) in [6, 6.07) is 0. The van der Waals surface area contributed by atoms with E-state index in [2.05, 4.69) is 41.5 Å². The van der Waals surface area contributed by atoms with Crippen LogP contribution in [0.25, 0.3) is 0 Å². The van der Waals surface area contributed by atoms with E-state index in [1.807, 2.05) is 0 Å². The Balaban J connectivity index is 2.11. The van der Waals surface area contributed by atoms with Crippen molar-refractivity contribution in [1.29, 1.82) is 0 Å². The van der Waals surface area contributed by atoms with Crippen molar-refractivity contribution in [3.8, 4) is 0 Å². The summed E-state index contributed by atoms with van der Waals surface area (Å²) in [6.45, 7) is 15.3.